The minimum atomic E-state index is -0.448. The Labute approximate surface area is 118 Å². The molecule has 1 aromatic heterocycles. The van der Waals surface area contributed by atoms with Crippen LogP contribution in [0.25, 0.3) is 11.0 Å². The first-order valence-corrected chi connectivity index (χ1v) is 6.14. The van der Waals surface area contributed by atoms with E-state index in [4.69, 9.17) is 5.73 Å². The summed E-state index contributed by atoms with van der Waals surface area (Å²) in [6.07, 6.45) is 1.66. The molecule has 4 N–H and O–H groups in total. The number of H-pyrrole nitrogens is 1. The van der Waals surface area contributed by atoms with Crippen molar-refractivity contribution in [1.29, 1.82) is 0 Å². The Kier molecular flexibility index (Phi) is 5.79. The summed E-state index contributed by atoms with van der Waals surface area (Å²) < 4.78 is 0. The summed E-state index contributed by atoms with van der Waals surface area (Å²) in [7, 11) is 0. The second-order valence-corrected chi connectivity index (χ2v) is 4.38. The highest BCUT2D eigenvalue weighted by molar-refractivity contribution is 5.85. The van der Waals surface area contributed by atoms with Crippen molar-refractivity contribution in [3.8, 4) is 0 Å². The first-order valence-electron chi connectivity index (χ1n) is 6.14. The number of aryl methyl sites for hydroxylation is 1. The van der Waals surface area contributed by atoms with Gasteiger partial charge in [0.15, 0.2) is 0 Å². The Hall–Kier alpha value is -1.59. The number of hydrogen-bond donors (Lipinski definition) is 3. The van der Waals surface area contributed by atoms with Gasteiger partial charge in [-0.3, -0.25) is 4.79 Å². The molecule has 1 heterocycles. The predicted molar refractivity (Wildman–Crippen MR) is 78.3 cm³/mol. The number of benzene rings is 1. The van der Waals surface area contributed by atoms with Crippen molar-refractivity contribution in [2.45, 2.75) is 25.8 Å². The molecule has 0 spiro atoms. The number of rotatable bonds is 5. The van der Waals surface area contributed by atoms with Gasteiger partial charge in [0.1, 0.15) is 5.82 Å². The Morgan fingerprint density at radius 1 is 1.47 bits per heavy atom. The van der Waals surface area contributed by atoms with Crippen molar-refractivity contribution < 1.29 is 4.79 Å². The number of carbonyl (C=O) groups is 1. The fourth-order valence-corrected chi connectivity index (χ4v) is 1.75. The molecule has 2 rings (SSSR count). The summed E-state index contributed by atoms with van der Waals surface area (Å²) in [5, 5.41) is 2.78. The van der Waals surface area contributed by atoms with Gasteiger partial charge >= 0.3 is 0 Å². The van der Waals surface area contributed by atoms with E-state index in [1.54, 1.807) is 6.92 Å². The maximum Gasteiger partial charge on any atom is 0.236 e. The third-order valence-corrected chi connectivity index (χ3v) is 2.74. The molecule has 1 aromatic carbocycles. The number of aromatic nitrogens is 2. The molecule has 0 aliphatic rings. The number of nitrogens with one attached hydrogen (secondary N) is 2. The van der Waals surface area contributed by atoms with Crippen molar-refractivity contribution in [3.05, 3.63) is 30.1 Å². The second kappa shape index (κ2) is 7.11. The van der Waals surface area contributed by atoms with Gasteiger partial charge in [-0.25, -0.2) is 4.98 Å². The number of aromatic amines is 1. The van der Waals surface area contributed by atoms with Crippen molar-refractivity contribution in [2.24, 2.45) is 5.73 Å². The van der Waals surface area contributed by atoms with E-state index in [0.717, 1.165) is 29.7 Å². The molecule has 0 aliphatic carbocycles. The monoisotopic (exact) mass is 282 g/mol. The number of fused-ring (bicyclic) bond motifs is 1. The topological polar surface area (TPSA) is 83.8 Å². The summed E-state index contributed by atoms with van der Waals surface area (Å²) in [6, 6.07) is 7.48. The SMILES string of the molecule is CC(N)C(=O)NCCCc1nc2ccccc2[nH]1.Cl. The van der Waals surface area contributed by atoms with Crippen LogP contribution in [0.5, 0.6) is 0 Å². The number of halogens is 1. The van der Waals surface area contributed by atoms with Crippen LogP contribution in [0.4, 0.5) is 0 Å². The third kappa shape index (κ3) is 4.22. The molecule has 2 aromatic rings. The first-order chi connectivity index (χ1) is 8.66. The van der Waals surface area contributed by atoms with Crippen LogP contribution in [-0.4, -0.2) is 28.5 Å². The average molecular weight is 283 g/mol. The molecule has 0 bridgehead atoms. The van der Waals surface area contributed by atoms with Crippen molar-refractivity contribution >= 4 is 29.3 Å². The van der Waals surface area contributed by atoms with Crippen LogP contribution in [-0.2, 0) is 11.2 Å². The molecular weight excluding hydrogens is 264 g/mol. The molecular formula is C13H19ClN4O. The molecule has 1 unspecified atom stereocenters. The zero-order chi connectivity index (χ0) is 13.0. The number of imidazole rings is 1. The lowest BCUT2D eigenvalue weighted by atomic mass is 10.3. The predicted octanol–water partition coefficient (Wildman–Crippen LogP) is 1.38. The van der Waals surface area contributed by atoms with Gasteiger partial charge in [0.2, 0.25) is 5.91 Å². The van der Waals surface area contributed by atoms with E-state index in [1.807, 2.05) is 24.3 Å². The molecule has 0 saturated heterocycles. The third-order valence-electron chi connectivity index (χ3n) is 2.74. The van der Waals surface area contributed by atoms with Crippen molar-refractivity contribution in [1.82, 2.24) is 15.3 Å². The highest BCUT2D eigenvalue weighted by Gasteiger charge is 2.06. The van der Waals surface area contributed by atoms with Gasteiger partial charge in [0, 0.05) is 13.0 Å². The maximum absolute atomic E-state index is 11.2. The van der Waals surface area contributed by atoms with E-state index in [9.17, 15) is 4.79 Å². The van der Waals surface area contributed by atoms with E-state index in [-0.39, 0.29) is 18.3 Å². The normalized spacial score (nSPS) is 11.9. The van der Waals surface area contributed by atoms with Crippen LogP contribution in [0, 0.1) is 0 Å². The van der Waals surface area contributed by atoms with Gasteiger partial charge < -0.3 is 16.0 Å². The van der Waals surface area contributed by atoms with Gasteiger partial charge in [-0.05, 0) is 25.5 Å². The number of carbonyl (C=O) groups excluding carboxylic acids is 1. The zero-order valence-corrected chi connectivity index (χ0v) is 11.7. The summed E-state index contributed by atoms with van der Waals surface area (Å²) in [5.41, 5.74) is 7.48. The smallest absolute Gasteiger partial charge is 0.236 e. The fraction of sp³-hybridized carbons (Fsp3) is 0.385. The van der Waals surface area contributed by atoms with E-state index in [2.05, 4.69) is 15.3 Å². The number of nitrogens with two attached hydrogens (primary N) is 1. The van der Waals surface area contributed by atoms with Gasteiger partial charge in [0.05, 0.1) is 17.1 Å². The molecule has 0 radical (unpaired) electrons. The Morgan fingerprint density at radius 2 is 2.21 bits per heavy atom. The Bertz CT molecular complexity index is 505. The number of amides is 1. The second-order valence-electron chi connectivity index (χ2n) is 4.38. The van der Waals surface area contributed by atoms with Crippen molar-refractivity contribution in [3.63, 3.8) is 0 Å². The molecule has 5 nitrogen and oxygen atoms in total. The largest absolute Gasteiger partial charge is 0.355 e. The summed E-state index contributed by atoms with van der Waals surface area (Å²) in [6.45, 7) is 2.30. The lowest BCUT2D eigenvalue weighted by molar-refractivity contribution is -0.121. The molecule has 104 valence electrons. The van der Waals surface area contributed by atoms with Crippen LogP contribution in [0.1, 0.15) is 19.2 Å². The van der Waals surface area contributed by atoms with E-state index < -0.39 is 6.04 Å². The Balaban J connectivity index is 0.00000180. The van der Waals surface area contributed by atoms with Gasteiger partial charge in [-0.1, -0.05) is 12.1 Å². The first kappa shape index (κ1) is 15.5. The molecule has 6 heteroatoms. The molecule has 0 aliphatic heterocycles. The van der Waals surface area contributed by atoms with Crippen LogP contribution in [0.2, 0.25) is 0 Å². The van der Waals surface area contributed by atoms with Crippen LogP contribution < -0.4 is 11.1 Å². The van der Waals surface area contributed by atoms with Crippen LogP contribution in [0.3, 0.4) is 0 Å². The highest BCUT2D eigenvalue weighted by atomic mass is 35.5. The molecule has 0 fully saturated rings. The standard InChI is InChI=1S/C13H18N4O.ClH/c1-9(14)13(18)15-8-4-7-12-16-10-5-2-3-6-11(10)17-12;/h2-3,5-6,9H,4,7-8,14H2,1H3,(H,15,18)(H,16,17);1H. The lowest BCUT2D eigenvalue weighted by Crippen LogP contribution is -2.38. The van der Waals surface area contributed by atoms with Gasteiger partial charge in [0.25, 0.3) is 0 Å². The van der Waals surface area contributed by atoms with E-state index >= 15 is 0 Å². The number of nitrogens with zero attached hydrogens (tertiary/aromatic N) is 1. The molecule has 0 saturated carbocycles. The quantitative estimate of drug-likeness (QED) is 0.725. The van der Waals surface area contributed by atoms with Crippen LogP contribution in [0.15, 0.2) is 24.3 Å². The molecule has 1 atom stereocenters. The number of para-hydroxylation sites is 2. The molecule has 1 amide bonds. The Morgan fingerprint density at radius 3 is 2.89 bits per heavy atom. The average Bonchev–Trinajstić information content (AvgIpc) is 2.76. The summed E-state index contributed by atoms with van der Waals surface area (Å²) in [5.74, 6) is 0.839. The molecule has 19 heavy (non-hydrogen) atoms. The van der Waals surface area contributed by atoms with Gasteiger partial charge in [-0.2, -0.15) is 0 Å². The maximum atomic E-state index is 11.2. The highest BCUT2D eigenvalue weighted by Crippen LogP contribution is 2.10. The van der Waals surface area contributed by atoms with Crippen molar-refractivity contribution in [2.75, 3.05) is 6.54 Å². The fourth-order valence-electron chi connectivity index (χ4n) is 1.75. The van der Waals surface area contributed by atoms with E-state index in [0.29, 0.717) is 6.54 Å². The van der Waals surface area contributed by atoms with Gasteiger partial charge in [-0.15, -0.1) is 12.4 Å². The summed E-state index contributed by atoms with van der Waals surface area (Å²) in [4.78, 5) is 19.0. The minimum absolute atomic E-state index is 0. The van der Waals surface area contributed by atoms with Crippen LogP contribution >= 0.6 is 12.4 Å². The minimum Gasteiger partial charge on any atom is -0.355 e. The summed E-state index contributed by atoms with van der Waals surface area (Å²) >= 11 is 0. The van der Waals surface area contributed by atoms with E-state index in [1.165, 1.54) is 0 Å². The number of hydrogen-bond acceptors (Lipinski definition) is 3. The zero-order valence-electron chi connectivity index (χ0n) is 10.8. The lowest BCUT2D eigenvalue weighted by Gasteiger charge is -2.06.